The summed E-state index contributed by atoms with van der Waals surface area (Å²) in [7, 11) is 0. The van der Waals surface area contributed by atoms with Crippen molar-refractivity contribution in [2.75, 3.05) is 0 Å². The minimum Gasteiger partial charge on any atom is -0.444 e. The lowest BCUT2D eigenvalue weighted by Gasteiger charge is -2.34. The van der Waals surface area contributed by atoms with Gasteiger partial charge in [-0.2, -0.15) is 0 Å². The summed E-state index contributed by atoms with van der Waals surface area (Å²) in [5.74, 6) is -0.884. The maximum atomic E-state index is 13.9. The maximum absolute atomic E-state index is 13.9. The van der Waals surface area contributed by atoms with E-state index in [1.54, 1.807) is 20.8 Å². The number of benzene rings is 3. The largest absolute Gasteiger partial charge is 0.444 e. The number of rotatable bonds is 10. The number of carbonyl (C=O) groups is 2. The molecule has 2 amide bonds. The van der Waals surface area contributed by atoms with E-state index in [4.69, 9.17) is 4.74 Å². The van der Waals surface area contributed by atoms with Crippen LogP contribution in [0.2, 0.25) is 0 Å². The van der Waals surface area contributed by atoms with Crippen LogP contribution in [-0.4, -0.2) is 46.1 Å². The smallest absolute Gasteiger partial charge is 0.407 e. The number of aliphatic hydroxyl groups excluding tert-OH is 2. The zero-order chi connectivity index (χ0) is 29.6. The predicted molar refractivity (Wildman–Crippen MR) is 159 cm³/mol. The van der Waals surface area contributed by atoms with Gasteiger partial charge in [0.05, 0.1) is 23.8 Å². The lowest BCUT2D eigenvalue weighted by molar-refractivity contribution is -0.129. The highest BCUT2D eigenvalue weighted by Gasteiger charge is 2.44. The molecule has 3 aromatic carbocycles. The molecule has 0 fully saturated rings. The molecule has 0 spiro atoms. The Morgan fingerprint density at radius 2 is 1.49 bits per heavy atom. The standard InChI is InChI=1S/C34H42N2O5/c1-33(2,3)41-32(40)35-28(20-24-15-9-6-10-16-24)29(37)21-26(19-23-13-7-5-8-14-23)31(39)36-34(4)27-18-12-11-17-25(27)22-30(34)38/h5-18,26,28-30,37-38H,19-22H2,1-4H3,(H,35,40)(H,36,39)/t26-,28+,29+,30-,34+/m1/s1. The number of hydrogen-bond donors (Lipinski definition) is 4. The van der Waals surface area contributed by atoms with Crippen molar-refractivity contribution in [3.05, 3.63) is 107 Å². The van der Waals surface area contributed by atoms with Crippen molar-refractivity contribution in [2.24, 2.45) is 5.92 Å². The Bertz CT molecular complexity index is 1310. The van der Waals surface area contributed by atoms with Gasteiger partial charge in [-0.25, -0.2) is 4.79 Å². The molecule has 41 heavy (non-hydrogen) atoms. The van der Waals surface area contributed by atoms with Gasteiger partial charge < -0.3 is 25.6 Å². The van der Waals surface area contributed by atoms with Gasteiger partial charge in [0.15, 0.2) is 0 Å². The van der Waals surface area contributed by atoms with Gasteiger partial charge in [-0.05, 0) is 69.2 Å². The molecule has 5 atom stereocenters. The highest BCUT2D eigenvalue weighted by atomic mass is 16.6. The summed E-state index contributed by atoms with van der Waals surface area (Å²) in [4.78, 5) is 26.7. The van der Waals surface area contributed by atoms with Gasteiger partial charge in [0.1, 0.15) is 5.60 Å². The Balaban J connectivity index is 1.58. The topological polar surface area (TPSA) is 108 Å². The molecule has 7 heteroatoms. The van der Waals surface area contributed by atoms with Crippen molar-refractivity contribution in [1.82, 2.24) is 10.6 Å². The Morgan fingerprint density at radius 1 is 0.927 bits per heavy atom. The van der Waals surface area contributed by atoms with Crippen LogP contribution < -0.4 is 10.6 Å². The first kappa shape index (κ1) is 30.3. The summed E-state index contributed by atoms with van der Waals surface area (Å²) in [6.45, 7) is 7.20. The van der Waals surface area contributed by atoms with Gasteiger partial charge in [0.25, 0.3) is 0 Å². The van der Waals surface area contributed by atoms with Crippen LogP contribution in [0, 0.1) is 5.92 Å². The lowest BCUT2D eigenvalue weighted by atomic mass is 9.86. The molecule has 0 saturated heterocycles. The van der Waals surface area contributed by atoms with Gasteiger partial charge in [0.2, 0.25) is 5.91 Å². The minimum atomic E-state index is -1.05. The molecular formula is C34H42N2O5. The molecule has 3 aromatic rings. The van der Waals surface area contributed by atoms with Gasteiger partial charge in [0, 0.05) is 12.3 Å². The molecule has 0 radical (unpaired) electrons. The Labute approximate surface area is 243 Å². The summed E-state index contributed by atoms with van der Waals surface area (Å²) in [6.07, 6.45) is -1.13. The monoisotopic (exact) mass is 558 g/mol. The molecule has 4 N–H and O–H groups in total. The number of aliphatic hydroxyl groups is 2. The zero-order valence-electron chi connectivity index (χ0n) is 24.3. The molecule has 0 aliphatic heterocycles. The van der Waals surface area contributed by atoms with Crippen molar-refractivity contribution in [1.29, 1.82) is 0 Å². The SMILES string of the molecule is CC(C)(C)OC(=O)N[C@@H](Cc1ccccc1)[C@@H](O)C[C@@H](Cc1ccccc1)C(=O)N[C@@]1(C)c2ccccc2C[C@H]1O. The van der Waals surface area contributed by atoms with Crippen molar-refractivity contribution < 1.29 is 24.5 Å². The highest BCUT2D eigenvalue weighted by Crippen LogP contribution is 2.37. The molecule has 7 nitrogen and oxygen atoms in total. The summed E-state index contributed by atoms with van der Waals surface area (Å²) >= 11 is 0. The predicted octanol–water partition coefficient (Wildman–Crippen LogP) is 4.68. The molecule has 0 saturated carbocycles. The molecule has 0 aromatic heterocycles. The fourth-order valence-corrected chi connectivity index (χ4v) is 5.55. The van der Waals surface area contributed by atoms with E-state index in [-0.39, 0.29) is 12.3 Å². The highest BCUT2D eigenvalue weighted by molar-refractivity contribution is 5.80. The molecule has 0 heterocycles. The third-order valence-electron chi connectivity index (χ3n) is 7.73. The van der Waals surface area contributed by atoms with Crippen LogP contribution >= 0.6 is 0 Å². The Morgan fingerprint density at radius 3 is 2.10 bits per heavy atom. The number of fused-ring (bicyclic) bond motifs is 1. The van der Waals surface area contributed by atoms with Crippen molar-refractivity contribution in [3.63, 3.8) is 0 Å². The molecule has 1 aliphatic carbocycles. The van der Waals surface area contributed by atoms with E-state index < -0.39 is 41.4 Å². The van der Waals surface area contributed by atoms with Crippen molar-refractivity contribution in [3.8, 4) is 0 Å². The van der Waals surface area contributed by atoms with Crippen molar-refractivity contribution >= 4 is 12.0 Å². The second-order valence-electron chi connectivity index (χ2n) is 12.2. The van der Waals surface area contributed by atoms with Crippen LogP contribution in [0.5, 0.6) is 0 Å². The van der Waals surface area contributed by atoms with Crippen molar-refractivity contribution in [2.45, 2.75) is 82.8 Å². The molecule has 1 aliphatic rings. The van der Waals surface area contributed by atoms with Crippen LogP contribution in [0.3, 0.4) is 0 Å². The van der Waals surface area contributed by atoms with Crippen LogP contribution in [-0.2, 0) is 34.3 Å². The summed E-state index contributed by atoms with van der Waals surface area (Å²) < 4.78 is 5.48. The first-order chi connectivity index (χ1) is 19.4. The number of nitrogens with one attached hydrogen (secondary N) is 2. The molecule has 4 rings (SSSR count). The fraction of sp³-hybridized carbons (Fsp3) is 0.412. The number of ether oxygens (including phenoxy) is 1. The Hall–Kier alpha value is -3.68. The maximum Gasteiger partial charge on any atom is 0.407 e. The molecule has 0 unspecified atom stereocenters. The normalized spacial score (nSPS) is 20.4. The molecule has 218 valence electrons. The molecule has 0 bridgehead atoms. The van der Waals surface area contributed by atoms with E-state index in [1.807, 2.05) is 91.9 Å². The second kappa shape index (κ2) is 12.9. The lowest BCUT2D eigenvalue weighted by Crippen LogP contribution is -2.53. The van der Waals surface area contributed by atoms with E-state index in [0.717, 1.165) is 22.3 Å². The average molecular weight is 559 g/mol. The second-order valence-corrected chi connectivity index (χ2v) is 12.2. The average Bonchev–Trinajstić information content (AvgIpc) is 3.17. The third kappa shape index (κ3) is 7.96. The number of hydrogen-bond acceptors (Lipinski definition) is 5. The number of carbonyl (C=O) groups excluding carboxylic acids is 2. The minimum absolute atomic E-state index is 0.0991. The zero-order valence-corrected chi connectivity index (χ0v) is 24.3. The summed E-state index contributed by atoms with van der Waals surface area (Å²) in [5, 5.41) is 28.5. The quantitative estimate of drug-likeness (QED) is 0.289. The van der Waals surface area contributed by atoms with Crippen LogP contribution in [0.25, 0.3) is 0 Å². The van der Waals surface area contributed by atoms with E-state index in [1.165, 1.54) is 0 Å². The van der Waals surface area contributed by atoms with Crippen LogP contribution in [0.4, 0.5) is 4.79 Å². The van der Waals surface area contributed by atoms with Gasteiger partial charge in [-0.1, -0.05) is 84.9 Å². The third-order valence-corrected chi connectivity index (χ3v) is 7.73. The van der Waals surface area contributed by atoms with Crippen LogP contribution in [0.15, 0.2) is 84.9 Å². The van der Waals surface area contributed by atoms with E-state index in [2.05, 4.69) is 10.6 Å². The summed E-state index contributed by atoms with van der Waals surface area (Å²) in [6, 6.07) is 26.3. The van der Waals surface area contributed by atoms with Gasteiger partial charge >= 0.3 is 6.09 Å². The molecular weight excluding hydrogens is 516 g/mol. The fourth-order valence-electron chi connectivity index (χ4n) is 5.55. The van der Waals surface area contributed by atoms with Gasteiger partial charge in [-0.3, -0.25) is 4.79 Å². The van der Waals surface area contributed by atoms with E-state index in [0.29, 0.717) is 19.3 Å². The summed E-state index contributed by atoms with van der Waals surface area (Å²) in [5.41, 5.74) is 2.15. The number of amides is 2. The number of alkyl carbamates (subject to hydrolysis) is 1. The first-order valence-corrected chi connectivity index (χ1v) is 14.3. The first-order valence-electron chi connectivity index (χ1n) is 14.3. The van der Waals surface area contributed by atoms with E-state index in [9.17, 15) is 19.8 Å². The van der Waals surface area contributed by atoms with Gasteiger partial charge in [-0.15, -0.1) is 0 Å². The Kier molecular flexibility index (Phi) is 9.51. The van der Waals surface area contributed by atoms with Crippen LogP contribution in [0.1, 0.15) is 56.4 Å². The van der Waals surface area contributed by atoms with E-state index >= 15 is 0 Å².